The van der Waals surface area contributed by atoms with Gasteiger partial charge in [-0.25, -0.2) is 10.1 Å². The third kappa shape index (κ3) is 8.40. The van der Waals surface area contributed by atoms with Crippen LogP contribution in [-0.4, -0.2) is 86.1 Å². The molecule has 8 N–H and O–H groups in total. The maximum atomic E-state index is 15.2. The Balaban J connectivity index is 1.17. The molecule has 320 valence electrons. The van der Waals surface area contributed by atoms with E-state index < -0.39 is 29.0 Å². The highest BCUT2D eigenvalue weighted by molar-refractivity contribution is 6.23. The summed E-state index contributed by atoms with van der Waals surface area (Å²) in [7, 11) is 2.10. The van der Waals surface area contributed by atoms with Crippen molar-refractivity contribution in [3.63, 3.8) is 0 Å². The quantitative estimate of drug-likeness (QED) is 0.0529. The summed E-state index contributed by atoms with van der Waals surface area (Å²) in [5.74, 6) is 0.388. The van der Waals surface area contributed by atoms with Crippen LogP contribution in [0.4, 0.5) is 0 Å². The van der Waals surface area contributed by atoms with Crippen LogP contribution in [0, 0.1) is 52.8 Å². The Morgan fingerprint density at radius 1 is 1.04 bits per heavy atom. The summed E-state index contributed by atoms with van der Waals surface area (Å²) in [4.78, 5) is 45.0. The van der Waals surface area contributed by atoms with Gasteiger partial charge < -0.3 is 30.5 Å². The van der Waals surface area contributed by atoms with Crippen LogP contribution >= 0.6 is 0 Å². The smallest absolute Gasteiger partial charge is 0.350 e. The van der Waals surface area contributed by atoms with Gasteiger partial charge in [0, 0.05) is 43.4 Å². The van der Waals surface area contributed by atoms with E-state index in [1.54, 1.807) is 0 Å². The number of aliphatic hydroxyl groups is 1. The molecule has 11 unspecified atom stereocenters. The van der Waals surface area contributed by atoms with Crippen molar-refractivity contribution in [2.75, 3.05) is 40.0 Å². The molecule has 0 spiro atoms. The number of esters is 1. The van der Waals surface area contributed by atoms with Crippen molar-refractivity contribution >= 4 is 17.5 Å². The van der Waals surface area contributed by atoms with E-state index >= 15 is 9.59 Å². The standard InChI is InChI=1S/C47H76N4O6/c1-6-49-39-23-33-14-9-8-13-32(33)22-35(39)28-56-44(55)47-43(54)41-34(21-30(2)3)15-12-16-38(41)42(53)46(47,57-47)26-36(27-52)31(4)25-45(18-10-7-11-19-45)37-17-20-50-40(24-37)51-29-48-5/h9,14,30,32-35,37-41,48-52H,6-8,10-13,15-29H2,1-5H3/p+3. The van der Waals surface area contributed by atoms with E-state index in [9.17, 15) is 9.90 Å². The summed E-state index contributed by atoms with van der Waals surface area (Å²) in [6.45, 7) is 11.7. The molecular weight excluding hydrogens is 717 g/mol. The molecule has 0 radical (unpaired) electrons. The summed E-state index contributed by atoms with van der Waals surface area (Å²) in [5, 5.41) is 21.9. The molecule has 6 fully saturated rings. The number of nitrogens with one attached hydrogen (secondary N) is 1. The van der Waals surface area contributed by atoms with Gasteiger partial charge in [-0.05, 0) is 112 Å². The lowest BCUT2D eigenvalue weighted by Gasteiger charge is -2.47. The van der Waals surface area contributed by atoms with E-state index in [0.29, 0.717) is 42.3 Å². The van der Waals surface area contributed by atoms with Crippen LogP contribution in [0.1, 0.15) is 137 Å². The Hall–Kier alpha value is -1.95. The summed E-state index contributed by atoms with van der Waals surface area (Å²) in [5.41, 5.74) is -1.53. The van der Waals surface area contributed by atoms with E-state index in [-0.39, 0.29) is 48.5 Å². The molecule has 7 rings (SSSR count). The Bertz CT molecular complexity index is 1510. The number of fused-ring (bicyclic) bond motifs is 3. The molecule has 0 aromatic heterocycles. The number of nitrogens with two attached hydrogens (primary N) is 3. The van der Waals surface area contributed by atoms with Gasteiger partial charge in [-0.15, -0.1) is 0 Å². The number of hydrogen-bond donors (Lipinski definition) is 5. The van der Waals surface area contributed by atoms with E-state index in [1.165, 1.54) is 44.9 Å². The molecule has 0 aromatic rings. The SMILES string of the molecule is CC[NH2+]C1CC2C=CCCC2CC1COC(=O)C12OC1(CC(CO)=C(C)CC1(C3CC[NH2+]C(NC[NH2+]C)C3)CCCCC1)C(=O)C1CCCC(CC(C)C)C1C2=O. The molecule has 0 bridgehead atoms. The highest BCUT2D eigenvalue weighted by Gasteiger charge is 2.87. The van der Waals surface area contributed by atoms with Gasteiger partial charge in [0.2, 0.25) is 0 Å². The fourth-order valence-electron chi connectivity index (χ4n) is 13.6. The van der Waals surface area contributed by atoms with Crippen LogP contribution in [0.15, 0.2) is 23.3 Å². The monoisotopic (exact) mass is 796 g/mol. The van der Waals surface area contributed by atoms with Crippen molar-refractivity contribution in [2.24, 2.45) is 52.8 Å². The predicted octanol–water partition coefficient (Wildman–Crippen LogP) is 3.29. The molecule has 10 heteroatoms. The number of allylic oxidation sites excluding steroid dienone is 3. The summed E-state index contributed by atoms with van der Waals surface area (Å²) in [6.07, 6.45) is 22.1. The minimum Gasteiger partial charge on any atom is -0.463 e. The molecule has 2 aliphatic heterocycles. The third-order valence-corrected chi connectivity index (χ3v) is 16.4. The molecule has 2 saturated heterocycles. The molecule has 2 heterocycles. The van der Waals surface area contributed by atoms with Crippen LogP contribution in [0.3, 0.4) is 0 Å². The lowest BCUT2D eigenvalue weighted by molar-refractivity contribution is -0.717. The van der Waals surface area contributed by atoms with Crippen molar-refractivity contribution in [3.8, 4) is 0 Å². The van der Waals surface area contributed by atoms with Crippen molar-refractivity contribution in [1.29, 1.82) is 0 Å². The highest BCUT2D eigenvalue weighted by Crippen LogP contribution is 2.63. The van der Waals surface area contributed by atoms with Crippen LogP contribution in [0.25, 0.3) is 0 Å². The highest BCUT2D eigenvalue weighted by atomic mass is 16.7. The van der Waals surface area contributed by atoms with E-state index in [4.69, 9.17) is 9.47 Å². The lowest BCUT2D eigenvalue weighted by atomic mass is 9.56. The zero-order valence-corrected chi connectivity index (χ0v) is 36.2. The van der Waals surface area contributed by atoms with Crippen molar-refractivity contribution in [1.82, 2.24) is 5.32 Å². The molecule has 0 aromatic carbocycles. The molecular formula is C47H79N4O6+3. The number of hydrogen-bond acceptors (Lipinski definition) is 7. The molecule has 57 heavy (non-hydrogen) atoms. The zero-order chi connectivity index (χ0) is 40.4. The van der Waals surface area contributed by atoms with Crippen LogP contribution in [0.5, 0.6) is 0 Å². The average Bonchev–Trinajstić information content (AvgIpc) is 3.92. The minimum absolute atomic E-state index is 0.0484. The van der Waals surface area contributed by atoms with E-state index in [1.807, 2.05) is 0 Å². The van der Waals surface area contributed by atoms with Gasteiger partial charge in [-0.2, -0.15) is 0 Å². The summed E-state index contributed by atoms with van der Waals surface area (Å²) < 4.78 is 12.9. The number of rotatable bonds is 16. The number of piperidine rings is 1. The van der Waals surface area contributed by atoms with Gasteiger partial charge in [0.05, 0.1) is 39.4 Å². The van der Waals surface area contributed by atoms with Gasteiger partial charge in [0.1, 0.15) is 12.8 Å². The second-order valence-corrected chi connectivity index (χ2v) is 20.3. The molecule has 7 aliphatic rings. The van der Waals surface area contributed by atoms with Crippen LogP contribution in [0.2, 0.25) is 0 Å². The topological polar surface area (TPSA) is 155 Å². The fraction of sp³-hybridized carbons (Fsp3) is 0.851. The number of carbonyl (C=O) groups is 3. The largest absolute Gasteiger partial charge is 0.463 e. The first-order chi connectivity index (χ1) is 27.5. The van der Waals surface area contributed by atoms with Crippen molar-refractivity contribution in [2.45, 2.75) is 160 Å². The molecule has 10 nitrogen and oxygen atoms in total. The maximum absolute atomic E-state index is 15.2. The fourth-order valence-corrected chi connectivity index (χ4v) is 13.6. The maximum Gasteiger partial charge on any atom is 0.350 e. The number of carbonyl (C=O) groups excluding carboxylic acids is 3. The second-order valence-electron chi connectivity index (χ2n) is 20.3. The first-order valence-electron chi connectivity index (χ1n) is 23.6. The first-order valence-corrected chi connectivity index (χ1v) is 23.6. The number of quaternary nitrogens is 3. The Labute approximate surface area is 343 Å². The van der Waals surface area contributed by atoms with E-state index in [0.717, 1.165) is 82.3 Å². The van der Waals surface area contributed by atoms with Gasteiger partial charge in [0.15, 0.2) is 17.2 Å². The number of ketones is 2. The van der Waals surface area contributed by atoms with Crippen molar-refractivity contribution < 1.29 is 44.9 Å². The van der Waals surface area contributed by atoms with Crippen LogP contribution in [-0.2, 0) is 23.9 Å². The van der Waals surface area contributed by atoms with Crippen LogP contribution < -0.4 is 21.3 Å². The van der Waals surface area contributed by atoms with Gasteiger partial charge >= 0.3 is 5.97 Å². The number of ether oxygens (including phenoxy) is 2. The van der Waals surface area contributed by atoms with Gasteiger partial charge in [-0.1, -0.05) is 57.3 Å². The number of aliphatic hydroxyl groups excluding tert-OH is 1. The number of Topliss-reactive ketones (excluding diaryl/α,β-unsaturated/α-hetero) is 2. The summed E-state index contributed by atoms with van der Waals surface area (Å²) in [6, 6.07) is 0.341. The molecule has 4 saturated carbocycles. The normalized spacial score (nSPS) is 39.2. The Morgan fingerprint density at radius 2 is 1.84 bits per heavy atom. The summed E-state index contributed by atoms with van der Waals surface area (Å²) >= 11 is 0. The first kappa shape index (κ1) is 43.1. The second kappa shape index (κ2) is 18.3. The molecule has 5 aliphatic carbocycles. The Kier molecular flexibility index (Phi) is 13.9. The van der Waals surface area contributed by atoms with Gasteiger partial charge in [0.25, 0.3) is 5.60 Å². The van der Waals surface area contributed by atoms with Crippen molar-refractivity contribution in [3.05, 3.63) is 23.3 Å². The zero-order valence-electron chi connectivity index (χ0n) is 36.2. The lowest BCUT2D eigenvalue weighted by Crippen LogP contribution is -2.98. The van der Waals surface area contributed by atoms with E-state index in [2.05, 4.69) is 68.2 Å². The minimum atomic E-state index is -1.93. The Morgan fingerprint density at radius 3 is 2.58 bits per heavy atom. The predicted molar refractivity (Wildman–Crippen MR) is 219 cm³/mol. The number of epoxide rings is 1. The average molecular weight is 796 g/mol. The third-order valence-electron chi connectivity index (χ3n) is 16.4. The molecule has 0 amide bonds. The molecule has 11 atom stereocenters. The van der Waals surface area contributed by atoms with Gasteiger partial charge in [-0.3, -0.25) is 9.59 Å².